The number of aromatic nitrogens is 4. The van der Waals surface area contributed by atoms with Gasteiger partial charge in [-0.25, -0.2) is 4.98 Å². The van der Waals surface area contributed by atoms with Crippen LogP contribution in [0.25, 0.3) is 10.9 Å². The van der Waals surface area contributed by atoms with E-state index in [1.54, 1.807) is 12.4 Å². The molecule has 0 amide bonds. The summed E-state index contributed by atoms with van der Waals surface area (Å²) in [5.74, 6) is 1.28. The molecule has 0 radical (unpaired) electrons. The van der Waals surface area contributed by atoms with Crippen LogP contribution in [0.2, 0.25) is 5.02 Å². The normalized spacial score (nSPS) is 17.1. The second-order valence-corrected chi connectivity index (χ2v) is 7.76. The highest BCUT2D eigenvalue weighted by Gasteiger charge is 2.20. The van der Waals surface area contributed by atoms with Gasteiger partial charge in [-0.3, -0.25) is 5.10 Å². The van der Waals surface area contributed by atoms with E-state index in [-0.39, 0.29) is 0 Å². The minimum atomic E-state index is 0.336. The highest BCUT2D eigenvalue weighted by Crippen LogP contribution is 2.27. The Morgan fingerprint density at radius 1 is 1.07 bits per heavy atom. The highest BCUT2D eigenvalue weighted by molar-refractivity contribution is 6.32. The number of hydrogen-bond acceptors (Lipinski definition) is 6. The van der Waals surface area contributed by atoms with Gasteiger partial charge in [-0.2, -0.15) is 10.1 Å². The summed E-state index contributed by atoms with van der Waals surface area (Å²) in [5.41, 5.74) is 3.20. The maximum Gasteiger partial charge on any atom is 0.227 e. The molecule has 1 atom stereocenters. The molecule has 7 nitrogen and oxygen atoms in total. The molecule has 2 aromatic carbocycles. The van der Waals surface area contributed by atoms with E-state index < -0.39 is 0 Å². The van der Waals surface area contributed by atoms with Gasteiger partial charge in [0.1, 0.15) is 5.02 Å². The molecule has 0 bridgehead atoms. The van der Waals surface area contributed by atoms with Crippen molar-refractivity contribution in [3.05, 3.63) is 71.5 Å². The zero-order valence-corrected chi connectivity index (χ0v) is 17.1. The molecule has 1 aliphatic rings. The molecule has 8 heteroatoms. The van der Waals surface area contributed by atoms with Crippen molar-refractivity contribution in [2.24, 2.45) is 0 Å². The van der Waals surface area contributed by atoms with Gasteiger partial charge in [0.25, 0.3) is 0 Å². The summed E-state index contributed by atoms with van der Waals surface area (Å²) in [4.78, 5) is 11.4. The lowest BCUT2D eigenvalue weighted by Gasteiger charge is -2.21. The predicted molar refractivity (Wildman–Crippen MR) is 120 cm³/mol. The number of aromatic amines is 1. The maximum atomic E-state index is 6.38. The van der Waals surface area contributed by atoms with Crippen LogP contribution in [0.1, 0.15) is 18.0 Å². The largest absolute Gasteiger partial charge is 0.339 e. The third-order valence-corrected chi connectivity index (χ3v) is 5.66. The van der Waals surface area contributed by atoms with Crippen molar-refractivity contribution in [1.82, 2.24) is 25.5 Å². The Morgan fingerprint density at radius 2 is 1.97 bits per heavy atom. The van der Waals surface area contributed by atoms with E-state index in [9.17, 15) is 0 Å². The number of anilines is 3. The standard InChI is InChI=1S/C22H22ClN7/c23-18-14-25-22(28-21(18)27-17-6-7-20-16(12-17)13-26-29-20)30-10-8-19(24-9-11-30)15-4-2-1-3-5-15/h1-7,12-14,19,24H,8-11H2,(H,26,29)(H,25,27,28). The minimum Gasteiger partial charge on any atom is -0.339 e. The van der Waals surface area contributed by atoms with E-state index in [2.05, 4.69) is 55.0 Å². The molecule has 0 saturated carbocycles. The van der Waals surface area contributed by atoms with Gasteiger partial charge in [-0.1, -0.05) is 41.9 Å². The van der Waals surface area contributed by atoms with Gasteiger partial charge in [-0.05, 0) is 30.2 Å². The summed E-state index contributed by atoms with van der Waals surface area (Å²) in [6.45, 7) is 2.57. The summed E-state index contributed by atoms with van der Waals surface area (Å²) in [6.07, 6.45) is 4.44. The Hall–Kier alpha value is -3.16. The van der Waals surface area contributed by atoms with Crippen LogP contribution in [0.3, 0.4) is 0 Å². The monoisotopic (exact) mass is 419 g/mol. The first-order chi connectivity index (χ1) is 14.8. The quantitative estimate of drug-likeness (QED) is 0.457. The molecule has 30 heavy (non-hydrogen) atoms. The lowest BCUT2D eigenvalue weighted by molar-refractivity contribution is 0.550. The van der Waals surface area contributed by atoms with Crippen LogP contribution in [-0.2, 0) is 0 Å². The Morgan fingerprint density at radius 3 is 2.87 bits per heavy atom. The number of benzene rings is 2. The molecule has 0 spiro atoms. The number of fused-ring (bicyclic) bond motifs is 1. The number of rotatable bonds is 4. The number of nitrogens with one attached hydrogen (secondary N) is 3. The predicted octanol–water partition coefficient (Wildman–Crippen LogP) is 4.29. The Balaban J connectivity index is 1.33. The summed E-state index contributed by atoms with van der Waals surface area (Å²) >= 11 is 6.38. The van der Waals surface area contributed by atoms with E-state index in [0.717, 1.165) is 42.6 Å². The van der Waals surface area contributed by atoms with E-state index in [1.165, 1.54) is 5.56 Å². The number of halogens is 1. The third-order valence-electron chi connectivity index (χ3n) is 5.38. The molecular formula is C22H22ClN7. The van der Waals surface area contributed by atoms with Crippen LogP contribution in [0, 0.1) is 0 Å². The molecule has 5 rings (SSSR count). The van der Waals surface area contributed by atoms with Crippen LogP contribution in [0.5, 0.6) is 0 Å². The summed E-state index contributed by atoms with van der Waals surface area (Å²) in [7, 11) is 0. The first-order valence-corrected chi connectivity index (χ1v) is 10.4. The first kappa shape index (κ1) is 18.8. The molecule has 3 heterocycles. The molecule has 1 fully saturated rings. The van der Waals surface area contributed by atoms with Gasteiger partial charge in [0, 0.05) is 36.7 Å². The lowest BCUT2D eigenvalue weighted by atomic mass is 10.0. The maximum absolute atomic E-state index is 6.38. The van der Waals surface area contributed by atoms with Gasteiger partial charge in [0.15, 0.2) is 5.82 Å². The molecule has 0 aliphatic carbocycles. The van der Waals surface area contributed by atoms with Crippen LogP contribution in [-0.4, -0.2) is 39.8 Å². The van der Waals surface area contributed by atoms with Crippen molar-refractivity contribution in [3.63, 3.8) is 0 Å². The van der Waals surface area contributed by atoms with Crippen molar-refractivity contribution >= 4 is 40.0 Å². The fourth-order valence-electron chi connectivity index (χ4n) is 3.80. The average molecular weight is 420 g/mol. The van der Waals surface area contributed by atoms with E-state index in [1.807, 2.05) is 24.3 Å². The van der Waals surface area contributed by atoms with Crippen LogP contribution >= 0.6 is 11.6 Å². The highest BCUT2D eigenvalue weighted by atomic mass is 35.5. The summed E-state index contributed by atoms with van der Waals surface area (Å²) < 4.78 is 0. The summed E-state index contributed by atoms with van der Waals surface area (Å²) in [5, 5.41) is 15.5. The van der Waals surface area contributed by atoms with Crippen LogP contribution in [0.4, 0.5) is 17.5 Å². The number of H-pyrrole nitrogens is 1. The molecule has 1 aliphatic heterocycles. The van der Waals surface area contributed by atoms with Gasteiger partial charge in [-0.15, -0.1) is 0 Å². The Labute approximate surface area is 179 Å². The average Bonchev–Trinajstić information content (AvgIpc) is 3.10. The van der Waals surface area contributed by atoms with Crippen molar-refractivity contribution in [2.45, 2.75) is 12.5 Å². The Bertz CT molecular complexity index is 1140. The van der Waals surface area contributed by atoms with Gasteiger partial charge in [0.2, 0.25) is 5.95 Å². The Kier molecular flexibility index (Phi) is 5.21. The molecular weight excluding hydrogens is 398 g/mol. The van der Waals surface area contributed by atoms with Crippen molar-refractivity contribution in [1.29, 1.82) is 0 Å². The van der Waals surface area contributed by atoms with E-state index in [0.29, 0.717) is 22.8 Å². The molecule has 1 saturated heterocycles. The fraction of sp³-hybridized carbons (Fsp3) is 0.227. The molecule has 152 valence electrons. The van der Waals surface area contributed by atoms with Crippen LogP contribution < -0.4 is 15.5 Å². The molecule has 2 aromatic heterocycles. The number of hydrogen-bond donors (Lipinski definition) is 3. The zero-order valence-electron chi connectivity index (χ0n) is 16.3. The van der Waals surface area contributed by atoms with Gasteiger partial charge in [0.05, 0.1) is 17.9 Å². The summed E-state index contributed by atoms with van der Waals surface area (Å²) in [6, 6.07) is 16.9. The molecule has 1 unspecified atom stereocenters. The SMILES string of the molecule is Clc1cnc(N2CCNC(c3ccccc3)CC2)nc1Nc1ccc2[nH]ncc2c1. The van der Waals surface area contributed by atoms with Gasteiger partial charge >= 0.3 is 0 Å². The minimum absolute atomic E-state index is 0.336. The topological polar surface area (TPSA) is 81.8 Å². The number of nitrogens with zero attached hydrogens (tertiary/aromatic N) is 4. The van der Waals surface area contributed by atoms with Gasteiger partial charge < -0.3 is 15.5 Å². The zero-order chi connectivity index (χ0) is 20.3. The second-order valence-electron chi connectivity index (χ2n) is 7.36. The van der Waals surface area contributed by atoms with Crippen LogP contribution in [0.15, 0.2) is 60.9 Å². The lowest BCUT2D eigenvalue weighted by Crippen LogP contribution is -2.29. The second kappa shape index (κ2) is 8.30. The first-order valence-electron chi connectivity index (χ1n) is 10.0. The van der Waals surface area contributed by atoms with E-state index >= 15 is 0 Å². The van der Waals surface area contributed by atoms with Crippen molar-refractivity contribution < 1.29 is 0 Å². The van der Waals surface area contributed by atoms with Crippen molar-refractivity contribution in [2.75, 3.05) is 29.9 Å². The third kappa shape index (κ3) is 3.94. The van der Waals surface area contributed by atoms with Crippen molar-refractivity contribution in [3.8, 4) is 0 Å². The molecule has 4 aromatic rings. The molecule has 3 N–H and O–H groups in total. The smallest absolute Gasteiger partial charge is 0.227 e. The fourth-order valence-corrected chi connectivity index (χ4v) is 3.94. The van der Waals surface area contributed by atoms with E-state index in [4.69, 9.17) is 16.6 Å².